The third-order valence-electron chi connectivity index (χ3n) is 3.14. The van der Waals surface area contributed by atoms with E-state index in [1.54, 1.807) is 18.2 Å². The molecule has 1 aliphatic rings. The minimum absolute atomic E-state index is 0.200. The number of hydrogen-bond acceptors (Lipinski definition) is 2. The number of nitrogens with zero attached hydrogens (tertiary/aromatic N) is 1. The van der Waals surface area contributed by atoms with Crippen molar-refractivity contribution in [1.29, 1.82) is 5.26 Å². The number of hydrogen-bond donors (Lipinski definition) is 0. The van der Waals surface area contributed by atoms with Gasteiger partial charge in [-0.15, -0.1) is 0 Å². The quantitative estimate of drug-likeness (QED) is 0.764. The normalized spacial score (nSPS) is 17.2. The van der Waals surface area contributed by atoms with Gasteiger partial charge in [-0.1, -0.05) is 18.2 Å². The number of fused-ring (bicyclic) bond motifs is 1. The molecule has 88 valence electrons. The molecule has 1 heterocycles. The summed E-state index contributed by atoms with van der Waals surface area (Å²) in [6.45, 7) is 0.531. The van der Waals surface area contributed by atoms with Crippen LogP contribution in [0.4, 0.5) is 4.39 Å². The molecule has 0 saturated heterocycles. The summed E-state index contributed by atoms with van der Waals surface area (Å²) in [5, 5.41) is 8.92. The van der Waals surface area contributed by atoms with Gasteiger partial charge in [-0.05, 0) is 41.0 Å². The number of rotatable bonds is 1. The largest absolute Gasteiger partial charge is 0.364 e. The Morgan fingerprint density at radius 2 is 1.94 bits per heavy atom. The van der Waals surface area contributed by atoms with Crippen molar-refractivity contribution in [2.45, 2.75) is 12.7 Å². The summed E-state index contributed by atoms with van der Waals surface area (Å²) in [5.74, 6) is -0.261. The molecule has 1 atom stereocenters. The molecule has 18 heavy (non-hydrogen) atoms. The van der Waals surface area contributed by atoms with Gasteiger partial charge in [-0.25, -0.2) is 4.39 Å². The first kappa shape index (κ1) is 10.9. The highest BCUT2D eigenvalue weighted by molar-refractivity contribution is 5.44. The van der Waals surface area contributed by atoms with Crippen molar-refractivity contribution < 1.29 is 9.13 Å². The van der Waals surface area contributed by atoms with E-state index in [1.165, 1.54) is 12.1 Å². The van der Waals surface area contributed by atoms with Crippen LogP contribution in [0.2, 0.25) is 0 Å². The van der Waals surface area contributed by atoms with Crippen molar-refractivity contribution in [3.05, 3.63) is 70.5 Å². The number of ether oxygens (including phenoxy) is 1. The molecule has 3 rings (SSSR count). The molecule has 2 aromatic rings. The molecule has 0 radical (unpaired) electrons. The van der Waals surface area contributed by atoms with E-state index in [2.05, 4.69) is 6.07 Å². The van der Waals surface area contributed by atoms with E-state index in [-0.39, 0.29) is 11.9 Å². The maximum atomic E-state index is 12.9. The maximum absolute atomic E-state index is 12.9. The lowest BCUT2D eigenvalue weighted by Crippen LogP contribution is -1.98. The van der Waals surface area contributed by atoms with Gasteiger partial charge in [0.05, 0.1) is 18.2 Å². The third-order valence-corrected chi connectivity index (χ3v) is 3.14. The van der Waals surface area contributed by atoms with Gasteiger partial charge >= 0.3 is 0 Å². The van der Waals surface area contributed by atoms with Gasteiger partial charge in [-0.2, -0.15) is 5.26 Å². The monoisotopic (exact) mass is 239 g/mol. The summed E-state index contributed by atoms with van der Waals surface area (Å²) in [5.41, 5.74) is 3.61. The summed E-state index contributed by atoms with van der Waals surface area (Å²) >= 11 is 0. The summed E-state index contributed by atoms with van der Waals surface area (Å²) in [7, 11) is 0. The molecule has 0 N–H and O–H groups in total. The molecule has 3 heteroatoms. The van der Waals surface area contributed by atoms with Crippen molar-refractivity contribution >= 4 is 0 Å². The van der Waals surface area contributed by atoms with E-state index in [0.717, 1.165) is 16.7 Å². The molecule has 1 aliphatic heterocycles. The Morgan fingerprint density at radius 1 is 1.17 bits per heavy atom. The summed E-state index contributed by atoms with van der Waals surface area (Å²) in [4.78, 5) is 0. The first-order valence-corrected chi connectivity index (χ1v) is 5.68. The SMILES string of the molecule is N#Cc1ccc2c(c1)C(c1ccc(F)cc1)OC2. The van der Waals surface area contributed by atoms with E-state index >= 15 is 0 Å². The van der Waals surface area contributed by atoms with E-state index in [1.807, 2.05) is 12.1 Å². The second-order valence-corrected chi connectivity index (χ2v) is 4.27. The van der Waals surface area contributed by atoms with Gasteiger partial charge in [-0.3, -0.25) is 0 Å². The molecule has 0 fully saturated rings. The standard InChI is InChI=1S/C15H10FNO/c16-13-5-3-11(4-6-13)15-14-7-10(8-17)1-2-12(14)9-18-15/h1-7,15H,9H2. The first-order valence-electron chi connectivity index (χ1n) is 5.68. The van der Waals surface area contributed by atoms with Crippen LogP contribution in [0.1, 0.15) is 28.4 Å². The summed E-state index contributed by atoms with van der Waals surface area (Å²) in [6, 6.07) is 13.9. The maximum Gasteiger partial charge on any atom is 0.123 e. The molecule has 1 unspecified atom stereocenters. The predicted octanol–water partition coefficient (Wildman–Crippen LogP) is 3.32. The summed E-state index contributed by atoms with van der Waals surface area (Å²) < 4.78 is 18.6. The zero-order valence-electron chi connectivity index (χ0n) is 9.56. The molecule has 0 bridgehead atoms. The van der Waals surface area contributed by atoms with E-state index in [4.69, 9.17) is 10.00 Å². The van der Waals surface area contributed by atoms with Crippen LogP contribution in [0.3, 0.4) is 0 Å². The summed E-state index contributed by atoms with van der Waals surface area (Å²) in [6.07, 6.45) is -0.200. The zero-order chi connectivity index (χ0) is 12.5. The highest BCUT2D eigenvalue weighted by Gasteiger charge is 2.25. The fraction of sp³-hybridized carbons (Fsp3) is 0.133. The van der Waals surface area contributed by atoms with Crippen molar-refractivity contribution in [3.8, 4) is 6.07 Å². The topological polar surface area (TPSA) is 33.0 Å². The average Bonchev–Trinajstić information content (AvgIpc) is 2.82. The minimum Gasteiger partial charge on any atom is -0.364 e. The van der Waals surface area contributed by atoms with E-state index in [0.29, 0.717) is 12.2 Å². The van der Waals surface area contributed by atoms with Crippen LogP contribution in [-0.2, 0) is 11.3 Å². The fourth-order valence-corrected chi connectivity index (χ4v) is 2.22. The Morgan fingerprint density at radius 3 is 2.67 bits per heavy atom. The van der Waals surface area contributed by atoms with Crippen molar-refractivity contribution in [2.24, 2.45) is 0 Å². The van der Waals surface area contributed by atoms with Crippen LogP contribution in [0.5, 0.6) is 0 Å². The van der Waals surface area contributed by atoms with E-state index in [9.17, 15) is 4.39 Å². The number of nitriles is 1. The van der Waals surface area contributed by atoms with Crippen LogP contribution >= 0.6 is 0 Å². The number of benzene rings is 2. The average molecular weight is 239 g/mol. The Labute approximate surface area is 104 Å². The first-order chi connectivity index (χ1) is 8.78. The van der Waals surface area contributed by atoms with Gasteiger partial charge in [0.15, 0.2) is 0 Å². The Bertz CT molecular complexity index is 628. The molecule has 0 saturated carbocycles. The highest BCUT2D eigenvalue weighted by atomic mass is 19.1. The molecular weight excluding hydrogens is 229 g/mol. The predicted molar refractivity (Wildman–Crippen MR) is 64.2 cm³/mol. The molecule has 0 amide bonds. The van der Waals surface area contributed by atoms with Crippen LogP contribution in [-0.4, -0.2) is 0 Å². The molecular formula is C15H10FNO. The fourth-order valence-electron chi connectivity index (χ4n) is 2.22. The molecule has 0 aliphatic carbocycles. The smallest absolute Gasteiger partial charge is 0.123 e. The third kappa shape index (κ3) is 1.77. The van der Waals surface area contributed by atoms with Crippen LogP contribution in [0, 0.1) is 17.1 Å². The Hall–Kier alpha value is -2.18. The minimum atomic E-state index is -0.261. The van der Waals surface area contributed by atoms with Crippen molar-refractivity contribution in [3.63, 3.8) is 0 Å². The van der Waals surface area contributed by atoms with Gasteiger partial charge in [0.2, 0.25) is 0 Å². The van der Waals surface area contributed by atoms with Gasteiger partial charge < -0.3 is 4.74 Å². The lowest BCUT2D eigenvalue weighted by Gasteiger charge is -2.11. The van der Waals surface area contributed by atoms with E-state index < -0.39 is 0 Å². The van der Waals surface area contributed by atoms with Crippen LogP contribution < -0.4 is 0 Å². The second-order valence-electron chi connectivity index (χ2n) is 4.27. The molecule has 0 aromatic heterocycles. The lowest BCUT2D eigenvalue weighted by atomic mass is 9.97. The van der Waals surface area contributed by atoms with Gasteiger partial charge in [0.1, 0.15) is 11.9 Å². The molecule has 0 spiro atoms. The van der Waals surface area contributed by atoms with Gasteiger partial charge in [0, 0.05) is 0 Å². The van der Waals surface area contributed by atoms with Crippen LogP contribution in [0.15, 0.2) is 42.5 Å². The molecule has 2 aromatic carbocycles. The Balaban J connectivity index is 2.04. The van der Waals surface area contributed by atoms with Crippen LogP contribution in [0.25, 0.3) is 0 Å². The molecule has 2 nitrogen and oxygen atoms in total. The lowest BCUT2D eigenvalue weighted by molar-refractivity contribution is 0.0939. The number of halogens is 1. The zero-order valence-corrected chi connectivity index (χ0v) is 9.56. The van der Waals surface area contributed by atoms with Crippen molar-refractivity contribution in [2.75, 3.05) is 0 Å². The van der Waals surface area contributed by atoms with Crippen molar-refractivity contribution in [1.82, 2.24) is 0 Å². The highest BCUT2D eigenvalue weighted by Crippen LogP contribution is 2.36. The van der Waals surface area contributed by atoms with Gasteiger partial charge in [0.25, 0.3) is 0 Å². The second kappa shape index (κ2) is 4.25. The Kier molecular flexibility index (Phi) is 2.58.